The van der Waals surface area contributed by atoms with Gasteiger partial charge in [-0.15, -0.1) is 11.8 Å². The average Bonchev–Trinajstić information content (AvgIpc) is 2.92. The maximum Gasteiger partial charge on any atom is 0.332 e. The van der Waals surface area contributed by atoms with Crippen LogP contribution in [0.4, 0.5) is 0 Å². The SMILES string of the molecule is COC(=O)C1N2C(=O)C(N3C(=O)c4ccccc4C3=O)[C@H]2SC[C@@]1(C)OC(C)=O. The summed E-state index contributed by atoms with van der Waals surface area (Å²) in [6.07, 6.45) is 0. The summed E-state index contributed by atoms with van der Waals surface area (Å²) in [6, 6.07) is 4.19. The van der Waals surface area contributed by atoms with Crippen LogP contribution in [0, 0.1) is 0 Å². The van der Waals surface area contributed by atoms with E-state index in [1.165, 1.54) is 30.7 Å². The molecule has 3 heterocycles. The van der Waals surface area contributed by atoms with E-state index in [4.69, 9.17) is 9.47 Å². The minimum Gasteiger partial charge on any atom is -0.467 e. The summed E-state index contributed by atoms with van der Waals surface area (Å²) in [5.74, 6) is -2.76. The van der Waals surface area contributed by atoms with Gasteiger partial charge in [0, 0.05) is 12.7 Å². The smallest absolute Gasteiger partial charge is 0.332 e. The Hall–Kier alpha value is -2.88. The molecule has 3 amide bonds. The number of thioether (sulfide) groups is 1. The molecule has 1 aromatic rings. The normalized spacial score (nSPS) is 30.4. The van der Waals surface area contributed by atoms with Crippen LogP contribution in [0.2, 0.25) is 0 Å². The molecule has 2 fully saturated rings. The van der Waals surface area contributed by atoms with Crippen LogP contribution in [0.3, 0.4) is 0 Å². The van der Waals surface area contributed by atoms with Crippen LogP contribution in [-0.4, -0.2) is 75.4 Å². The van der Waals surface area contributed by atoms with Gasteiger partial charge < -0.3 is 14.4 Å². The van der Waals surface area contributed by atoms with E-state index in [2.05, 4.69) is 0 Å². The Morgan fingerprint density at radius 3 is 2.24 bits per heavy atom. The fourth-order valence-corrected chi connectivity index (χ4v) is 5.65. The van der Waals surface area contributed by atoms with Crippen LogP contribution in [-0.2, 0) is 23.9 Å². The van der Waals surface area contributed by atoms with E-state index in [1.807, 2.05) is 0 Å². The molecule has 4 rings (SSSR count). The number of carbonyl (C=O) groups is 5. The topological polar surface area (TPSA) is 110 Å². The van der Waals surface area contributed by atoms with Crippen molar-refractivity contribution in [2.45, 2.75) is 36.9 Å². The molecular weight excluding hydrogens is 400 g/mol. The van der Waals surface area contributed by atoms with Crippen molar-refractivity contribution in [3.63, 3.8) is 0 Å². The van der Waals surface area contributed by atoms with E-state index in [9.17, 15) is 24.0 Å². The van der Waals surface area contributed by atoms with Gasteiger partial charge in [0.1, 0.15) is 17.0 Å². The highest BCUT2D eigenvalue weighted by Crippen LogP contribution is 2.47. The van der Waals surface area contributed by atoms with E-state index in [0.29, 0.717) is 0 Å². The molecule has 0 aliphatic carbocycles. The third-order valence-electron chi connectivity index (χ3n) is 5.35. The summed E-state index contributed by atoms with van der Waals surface area (Å²) < 4.78 is 10.2. The lowest BCUT2D eigenvalue weighted by Crippen LogP contribution is -2.79. The molecule has 29 heavy (non-hydrogen) atoms. The maximum atomic E-state index is 13.0. The fraction of sp³-hybridized carbons (Fsp3) is 0.421. The fourth-order valence-electron chi connectivity index (χ4n) is 4.13. The van der Waals surface area contributed by atoms with Gasteiger partial charge in [0.05, 0.1) is 18.2 Å². The highest BCUT2D eigenvalue weighted by molar-refractivity contribution is 8.00. The predicted octanol–water partition coefficient (Wildman–Crippen LogP) is 0.430. The van der Waals surface area contributed by atoms with Crippen LogP contribution in [0.25, 0.3) is 0 Å². The Labute approximate surface area is 170 Å². The number of carbonyl (C=O) groups excluding carboxylic acids is 5. The summed E-state index contributed by atoms with van der Waals surface area (Å²) >= 11 is 1.25. The maximum absolute atomic E-state index is 13.0. The Morgan fingerprint density at radius 2 is 1.72 bits per heavy atom. The average molecular weight is 418 g/mol. The number of ether oxygens (including phenoxy) is 2. The minimum absolute atomic E-state index is 0.195. The van der Waals surface area contributed by atoms with Gasteiger partial charge in [-0.1, -0.05) is 12.1 Å². The number of methoxy groups -OCH3 is 1. The second kappa shape index (κ2) is 6.58. The minimum atomic E-state index is -1.29. The predicted molar refractivity (Wildman–Crippen MR) is 99.8 cm³/mol. The number of nitrogens with zero attached hydrogens (tertiary/aromatic N) is 2. The first-order valence-electron chi connectivity index (χ1n) is 8.89. The lowest BCUT2D eigenvalue weighted by molar-refractivity contribution is -0.187. The summed E-state index contributed by atoms with van der Waals surface area (Å²) in [4.78, 5) is 64.8. The Morgan fingerprint density at radius 1 is 1.14 bits per heavy atom. The van der Waals surface area contributed by atoms with E-state index in [0.717, 1.165) is 4.90 Å². The molecule has 0 radical (unpaired) electrons. The van der Waals surface area contributed by atoms with E-state index < -0.39 is 52.7 Å². The zero-order chi connectivity index (χ0) is 21.1. The summed E-state index contributed by atoms with van der Waals surface area (Å²) in [6.45, 7) is 2.78. The van der Waals surface area contributed by atoms with Crippen molar-refractivity contribution in [1.29, 1.82) is 0 Å². The van der Waals surface area contributed by atoms with Crippen molar-refractivity contribution in [2.24, 2.45) is 0 Å². The molecule has 0 N–H and O–H groups in total. The molecule has 0 spiro atoms. The molecule has 2 unspecified atom stereocenters. The van der Waals surface area contributed by atoms with Crippen LogP contribution in [0.15, 0.2) is 24.3 Å². The first-order valence-corrected chi connectivity index (χ1v) is 9.94. The first-order chi connectivity index (χ1) is 13.7. The van der Waals surface area contributed by atoms with Crippen molar-refractivity contribution >= 4 is 41.4 Å². The molecule has 2 saturated heterocycles. The van der Waals surface area contributed by atoms with Crippen LogP contribution in [0.5, 0.6) is 0 Å². The number of β-lactam (4-membered cyclic amide) rings is 1. The second-order valence-electron chi connectivity index (χ2n) is 7.25. The molecule has 152 valence electrons. The quantitative estimate of drug-likeness (QED) is 0.395. The van der Waals surface area contributed by atoms with Crippen molar-refractivity contribution in [1.82, 2.24) is 9.80 Å². The number of rotatable bonds is 3. The zero-order valence-electron chi connectivity index (χ0n) is 15.9. The number of amides is 3. The first kappa shape index (κ1) is 19.4. The van der Waals surface area contributed by atoms with Crippen LogP contribution >= 0.6 is 11.8 Å². The monoisotopic (exact) mass is 418 g/mol. The van der Waals surface area contributed by atoms with Crippen LogP contribution < -0.4 is 0 Å². The van der Waals surface area contributed by atoms with Gasteiger partial charge in [-0.05, 0) is 19.1 Å². The number of fused-ring (bicyclic) bond motifs is 2. The molecule has 10 heteroatoms. The lowest BCUT2D eigenvalue weighted by Gasteiger charge is -2.58. The van der Waals surface area contributed by atoms with Gasteiger partial charge >= 0.3 is 11.9 Å². The highest BCUT2D eigenvalue weighted by Gasteiger charge is 2.66. The Kier molecular flexibility index (Phi) is 4.41. The van der Waals surface area contributed by atoms with Gasteiger partial charge in [0.25, 0.3) is 17.7 Å². The molecule has 3 aliphatic rings. The lowest BCUT2D eigenvalue weighted by atomic mass is 9.90. The van der Waals surface area contributed by atoms with Crippen molar-refractivity contribution in [2.75, 3.05) is 12.9 Å². The number of hydrogen-bond donors (Lipinski definition) is 0. The molecule has 3 aliphatic heterocycles. The van der Waals surface area contributed by atoms with E-state index >= 15 is 0 Å². The van der Waals surface area contributed by atoms with Gasteiger partial charge in [0.2, 0.25) is 0 Å². The number of benzene rings is 1. The number of hydrogen-bond acceptors (Lipinski definition) is 8. The Balaban J connectivity index is 1.66. The third-order valence-corrected chi connectivity index (χ3v) is 6.92. The van der Waals surface area contributed by atoms with Gasteiger partial charge in [-0.2, -0.15) is 0 Å². The molecule has 1 aromatic carbocycles. The standard InChI is InChI=1S/C19H18N2O7S/c1-9(22)28-19(2)8-29-17-12(16(25)21(17)13(19)18(26)27-3)20-14(23)10-6-4-5-7-11(10)15(20)24/h4-7,12-13,17H,8H2,1-3H3/t12?,13?,17-,19-/m1/s1. The third kappa shape index (κ3) is 2.65. The number of esters is 2. The molecule has 4 atom stereocenters. The molecule has 9 nitrogen and oxygen atoms in total. The van der Waals surface area contributed by atoms with E-state index in [-0.39, 0.29) is 16.9 Å². The van der Waals surface area contributed by atoms with Gasteiger partial charge in [-0.3, -0.25) is 24.1 Å². The molecule has 0 bridgehead atoms. The van der Waals surface area contributed by atoms with Gasteiger partial charge in [0.15, 0.2) is 6.04 Å². The van der Waals surface area contributed by atoms with Gasteiger partial charge in [-0.25, -0.2) is 4.79 Å². The largest absolute Gasteiger partial charge is 0.467 e. The van der Waals surface area contributed by atoms with Crippen LogP contribution in [0.1, 0.15) is 34.6 Å². The number of imide groups is 1. The van der Waals surface area contributed by atoms with E-state index in [1.54, 1.807) is 31.2 Å². The molecule has 0 saturated carbocycles. The van der Waals surface area contributed by atoms with Crippen molar-refractivity contribution in [3.8, 4) is 0 Å². The second-order valence-corrected chi connectivity index (χ2v) is 8.35. The van der Waals surface area contributed by atoms with Crippen molar-refractivity contribution < 1.29 is 33.4 Å². The zero-order valence-corrected chi connectivity index (χ0v) is 16.7. The molecule has 0 aromatic heterocycles. The highest BCUT2D eigenvalue weighted by atomic mass is 32.2. The summed E-state index contributed by atoms with van der Waals surface area (Å²) in [5, 5.41) is -0.627. The summed E-state index contributed by atoms with van der Waals surface area (Å²) in [5.41, 5.74) is -0.791. The summed E-state index contributed by atoms with van der Waals surface area (Å²) in [7, 11) is 1.18. The Bertz CT molecular complexity index is 929. The van der Waals surface area contributed by atoms with Crippen molar-refractivity contribution in [3.05, 3.63) is 35.4 Å². The molecular formula is C19H18N2O7S.